The summed E-state index contributed by atoms with van der Waals surface area (Å²) in [5, 5.41) is 0. The van der Waals surface area contributed by atoms with Gasteiger partial charge in [0.15, 0.2) is 0 Å². The van der Waals surface area contributed by atoms with Gasteiger partial charge in [0.25, 0.3) is 0 Å². The van der Waals surface area contributed by atoms with E-state index in [0.717, 1.165) is 0 Å². The van der Waals surface area contributed by atoms with Gasteiger partial charge in [-0.05, 0) is 0 Å². The number of aryl methyl sites for hydroxylation is 1. The monoisotopic (exact) mass is 210 g/mol. The Hall–Kier alpha value is 0.270. The van der Waals surface area contributed by atoms with Crippen LogP contribution < -0.4 is 0 Å². The molecule has 1 heteroatoms. The molecular formula is C6H8Te. The zero-order valence-electron chi connectivity index (χ0n) is 4.35. The van der Waals surface area contributed by atoms with E-state index in [4.69, 9.17) is 0 Å². The molecule has 0 N–H and O–H groups in total. The first-order valence-electron chi connectivity index (χ1n) is 2.46. The zero-order valence-corrected chi connectivity index (χ0v) is 6.68. The van der Waals surface area contributed by atoms with E-state index in [9.17, 15) is 0 Å². The first-order chi connectivity index (χ1) is 3.43. The second-order valence-corrected chi connectivity index (χ2v) is 4.38. The predicted octanol–water partition coefficient (Wildman–Crippen LogP) is 1.31. The molecule has 0 aromatic carbocycles. The molecule has 0 aliphatic heterocycles. The average Bonchev–Trinajstić information content (AvgIpc) is 2.14. The summed E-state index contributed by atoms with van der Waals surface area (Å²) < 4.78 is 4.01. The van der Waals surface area contributed by atoms with Crippen molar-refractivity contribution >= 4 is 20.4 Å². The van der Waals surface area contributed by atoms with E-state index in [1.54, 1.807) is 3.58 Å². The molecule has 0 aliphatic rings. The van der Waals surface area contributed by atoms with Crippen LogP contribution in [0.3, 0.4) is 0 Å². The summed E-state index contributed by atoms with van der Waals surface area (Å²) in [7, 11) is 0. The summed E-state index contributed by atoms with van der Waals surface area (Å²) in [5.41, 5.74) is 0. The Morgan fingerprint density at radius 2 is 2.57 bits per heavy atom. The van der Waals surface area contributed by atoms with Gasteiger partial charge in [-0.25, -0.2) is 0 Å². The van der Waals surface area contributed by atoms with Crippen LogP contribution in [0.15, 0.2) is 16.2 Å². The SMILES string of the molecule is CCc1ccc[te]1. The minimum atomic E-state index is 0.205. The van der Waals surface area contributed by atoms with Gasteiger partial charge in [0, 0.05) is 0 Å². The van der Waals surface area contributed by atoms with Crippen LogP contribution in [0.4, 0.5) is 0 Å². The van der Waals surface area contributed by atoms with E-state index in [0.29, 0.717) is 0 Å². The third-order valence-electron chi connectivity index (χ3n) is 0.929. The molecule has 0 nitrogen and oxygen atoms in total. The molecule has 0 saturated carbocycles. The second-order valence-electron chi connectivity index (χ2n) is 1.43. The second kappa shape index (κ2) is 2.55. The molecule has 0 fully saturated rings. The van der Waals surface area contributed by atoms with Gasteiger partial charge in [0.2, 0.25) is 0 Å². The van der Waals surface area contributed by atoms with Gasteiger partial charge >= 0.3 is 53.6 Å². The van der Waals surface area contributed by atoms with E-state index in [1.807, 2.05) is 0 Å². The van der Waals surface area contributed by atoms with Crippen LogP contribution in [0, 0.1) is 0 Å². The van der Waals surface area contributed by atoms with E-state index < -0.39 is 0 Å². The summed E-state index contributed by atoms with van der Waals surface area (Å²) in [6, 6.07) is 4.43. The summed E-state index contributed by atoms with van der Waals surface area (Å²) >= 11 is 0.205. The molecule has 0 unspecified atom stereocenters. The predicted molar refractivity (Wildman–Crippen MR) is 32.8 cm³/mol. The third-order valence-corrected chi connectivity index (χ3v) is 3.84. The Labute approximate surface area is 53.8 Å². The maximum atomic E-state index is 2.32. The van der Waals surface area contributed by atoms with Crippen molar-refractivity contribution in [3.05, 3.63) is 19.8 Å². The van der Waals surface area contributed by atoms with Crippen molar-refractivity contribution in [3.8, 4) is 0 Å². The van der Waals surface area contributed by atoms with Crippen molar-refractivity contribution in [1.82, 2.24) is 0 Å². The molecule has 7 heavy (non-hydrogen) atoms. The van der Waals surface area contributed by atoms with Crippen LogP contribution in [-0.2, 0) is 6.42 Å². The van der Waals surface area contributed by atoms with Crippen molar-refractivity contribution in [2.45, 2.75) is 13.3 Å². The molecule has 0 radical (unpaired) electrons. The molecular weight excluding hydrogens is 200 g/mol. The van der Waals surface area contributed by atoms with Crippen molar-refractivity contribution in [2.24, 2.45) is 0 Å². The molecule has 1 aromatic heterocycles. The molecule has 0 bridgehead atoms. The van der Waals surface area contributed by atoms with Crippen LogP contribution in [0.5, 0.6) is 0 Å². The summed E-state index contributed by atoms with van der Waals surface area (Å²) in [4.78, 5) is 0. The molecule has 1 rings (SSSR count). The number of hydrogen-bond donors (Lipinski definition) is 0. The Morgan fingerprint density at radius 1 is 1.71 bits per heavy atom. The van der Waals surface area contributed by atoms with Gasteiger partial charge in [0.05, 0.1) is 0 Å². The van der Waals surface area contributed by atoms with E-state index >= 15 is 0 Å². The Kier molecular flexibility index (Phi) is 1.97. The average molecular weight is 208 g/mol. The Morgan fingerprint density at radius 3 is 2.86 bits per heavy atom. The minimum absolute atomic E-state index is 0.205. The quantitative estimate of drug-likeness (QED) is 0.610. The van der Waals surface area contributed by atoms with E-state index in [2.05, 4.69) is 23.1 Å². The Balaban J connectivity index is 2.76. The molecule has 38 valence electrons. The van der Waals surface area contributed by atoms with E-state index in [-0.39, 0.29) is 20.4 Å². The van der Waals surface area contributed by atoms with Crippen molar-refractivity contribution < 1.29 is 0 Å². The van der Waals surface area contributed by atoms with Gasteiger partial charge in [0.1, 0.15) is 0 Å². The van der Waals surface area contributed by atoms with Crippen molar-refractivity contribution in [2.75, 3.05) is 0 Å². The van der Waals surface area contributed by atoms with Gasteiger partial charge in [-0.2, -0.15) is 0 Å². The maximum absolute atomic E-state index is 2.32. The summed E-state index contributed by atoms with van der Waals surface area (Å²) in [5.74, 6) is 0. The van der Waals surface area contributed by atoms with Crippen molar-refractivity contribution in [1.29, 1.82) is 0 Å². The normalized spacial score (nSPS) is 9.29. The topological polar surface area (TPSA) is 0 Å². The first-order valence-corrected chi connectivity index (χ1v) is 4.97. The van der Waals surface area contributed by atoms with Gasteiger partial charge in [-0.15, -0.1) is 0 Å². The molecule has 0 amide bonds. The first kappa shape index (κ1) is 5.41. The molecule has 0 aliphatic carbocycles. The van der Waals surface area contributed by atoms with Crippen LogP contribution in [0.25, 0.3) is 0 Å². The Bertz CT molecular complexity index is 119. The van der Waals surface area contributed by atoms with Crippen LogP contribution in [0.2, 0.25) is 0 Å². The van der Waals surface area contributed by atoms with Crippen LogP contribution in [0.1, 0.15) is 10.5 Å². The fourth-order valence-electron chi connectivity index (χ4n) is 0.514. The molecule has 0 saturated heterocycles. The van der Waals surface area contributed by atoms with E-state index in [1.165, 1.54) is 6.42 Å². The fraction of sp³-hybridized carbons (Fsp3) is 0.333. The van der Waals surface area contributed by atoms with Crippen molar-refractivity contribution in [3.63, 3.8) is 0 Å². The van der Waals surface area contributed by atoms with Crippen LogP contribution in [-0.4, -0.2) is 20.4 Å². The zero-order chi connectivity index (χ0) is 5.11. The number of rotatable bonds is 1. The van der Waals surface area contributed by atoms with Crippen LogP contribution >= 0.6 is 0 Å². The molecule has 0 spiro atoms. The van der Waals surface area contributed by atoms with Gasteiger partial charge < -0.3 is 0 Å². The summed E-state index contributed by atoms with van der Waals surface area (Å²) in [6.45, 7) is 2.23. The molecule has 1 heterocycles. The molecule has 1 aromatic rings. The third kappa shape index (κ3) is 1.33. The number of hydrogen-bond acceptors (Lipinski definition) is 0. The van der Waals surface area contributed by atoms with Gasteiger partial charge in [-0.3, -0.25) is 0 Å². The molecule has 0 atom stereocenters. The van der Waals surface area contributed by atoms with Gasteiger partial charge in [-0.1, -0.05) is 0 Å². The fourth-order valence-corrected chi connectivity index (χ4v) is 2.39. The summed E-state index contributed by atoms with van der Waals surface area (Å²) in [6.07, 6.45) is 1.27. The standard InChI is InChI=1S/C6H8Te/c1-2-6-4-3-5-7-6/h3-5H,2H2,1H3.